The van der Waals surface area contributed by atoms with E-state index in [-0.39, 0.29) is 12.3 Å². The SMILES string of the molecule is CCCCCCCC(=O)N(C)Cc1cccc(-c2ccc(CCC(=O)O)cc2N(CC)CC)c1. The molecule has 0 atom stereocenters. The third-order valence-corrected chi connectivity index (χ3v) is 6.37. The zero-order valence-corrected chi connectivity index (χ0v) is 21.5. The fourth-order valence-electron chi connectivity index (χ4n) is 4.32. The lowest BCUT2D eigenvalue weighted by molar-refractivity contribution is -0.137. The predicted molar refractivity (Wildman–Crippen MR) is 141 cm³/mol. The summed E-state index contributed by atoms with van der Waals surface area (Å²) < 4.78 is 0. The molecule has 1 N–H and O–H groups in total. The molecule has 0 bridgehead atoms. The molecule has 0 heterocycles. The first-order valence-corrected chi connectivity index (χ1v) is 12.8. The topological polar surface area (TPSA) is 60.9 Å². The molecule has 0 aromatic heterocycles. The molecule has 2 aromatic carbocycles. The smallest absolute Gasteiger partial charge is 0.303 e. The molecule has 0 unspecified atom stereocenters. The molecule has 0 aliphatic heterocycles. The highest BCUT2D eigenvalue weighted by Gasteiger charge is 2.14. The number of aliphatic carboxylic acids is 1. The maximum absolute atomic E-state index is 12.6. The molecule has 5 heteroatoms. The van der Waals surface area contributed by atoms with Crippen LogP contribution in [0.5, 0.6) is 0 Å². The lowest BCUT2D eigenvalue weighted by atomic mass is 9.97. The molecule has 34 heavy (non-hydrogen) atoms. The predicted octanol–water partition coefficient (Wildman–Crippen LogP) is 6.54. The minimum atomic E-state index is -0.777. The fraction of sp³-hybridized carbons (Fsp3) is 0.517. The summed E-state index contributed by atoms with van der Waals surface area (Å²) in [6, 6.07) is 14.7. The maximum Gasteiger partial charge on any atom is 0.303 e. The van der Waals surface area contributed by atoms with Gasteiger partial charge in [0.2, 0.25) is 5.91 Å². The number of nitrogens with zero attached hydrogens (tertiary/aromatic N) is 2. The lowest BCUT2D eigenvalue weighted by Crippen LogP contribution is -2.25. The van der Waals surface area contributed by atoms with Crippen molar-refractivity contribution in [3.63, 3.8) is 0 Å². The van der Waals surface area contributed by atoms with Gasteiger partial charge >= 0.3 is 5.97 Å². The Morgan fingerprint density at radius 1 is 0.853 bits per heavy atom. The second-order valence-corrected chi connectivity index (χ2v) is 9.03. The molecule has 1 amide bonds. The number of carbonyl (C=O) groups excluding carboxylic acids is 1. The van der Waals surface area contributed by atoms with Crippen molar-refractivity contribution < 1.29 is 14.7 Å². The molecule has 5 nitrogen and oxygen atoms in total. The molecule has 2 aromatic rings. The van der Waals surface area contributed by atoms with Crippen LogP contribution in [0.1, 0.15) is 76.8 Å². The fourth-order valence-corrected chi connectivity index (χ4v) is 4.32. The van der Waals surface area contributed by atoms with Crippen molar-refractivity contribution in [2.45, 2.75) is 78.7 Å². The lowest BCUT2D eigenvalue weighted by Gasteiger charge is -2.25. The zero-order chi connectivity index (χ0) is 24.9. The van der Waals surface area contributed by atoms with Gasteiger partial charge in [-0.05, 0) is 55.5 Å². The number of anilines is 1. The summed E-state index contributed by atoms with van der Waals surface area (Å²) in [5.74, 6) is -0.575. The van der Waals surface area contributed by atoms with Gasteiger partial charge in [0.1, 0.15) is 0 Å². The summed E-state index contributed by atoms with van der Waals surface area (Å²) >= 11 is 0. The van der Waals surface area contributed by atoms with Gasteiger partial charge in [-0.2, -0.15) is 0 Å². The van der Waals surface area contributed by atoms with E-state index in [0.717, 1.165) is 53.9 Å². The normalized spacial score (nSPS) is 10.8. The number of hydrogen-bond acceptors (Lipinski definition) is 3. The molecular weight excluding hydrogens is 424 g/mol. The number of aryl methyl sites for hydroxylation is 1. The van der Waals surface area contributed by atoms with Crippen LogP contribution in [0.15, 0.2) is 42.5 Å². The van der Waals surface area contributed by atoms with Gasteiger partial charge < -0.3 is 14.9 Å². The van der Waals surface area contributed by atoms with Gasteiger partial charge in [-0.3, -0.25) is 9.59 Å². The molecule has 0 saturated carbocycles. The Morgan fingerprint density at radius 2 is 1.59 bits per heavy atom. The molecular formula is C29H42N2O3. The molecule has 186 valence electrons. The van der Waals surface area contributed by atoms with Crippen LogP contribution < -0.4 is 4.90 Å². The average molecular weight is 467 g/mol. The minimum absolute atomic E-state index is 0.130. The number of carbonyl (C=O) groups is 2. The van der Waals surface area contributed by atoms with E-state index in [1.54, 1.807) is 0 Å². The van der Waals surface area contributed by atoms with Crippen LogP contribution in [0.25, 0.3) is 11.1 Å². The Kier molecular flexibility index (Phi) is 11.7. The second kappa shape index (κ2) is 14.4. The Balaban J connectivity index is 2.18. The van der Waals surface area contributed by atoms with Gasteiger partial charge in [0.25, 0.3) is 0 Å². The number of hydrogen-bond donors (Lipinski definition) is 1. The highest BCUT2D eigenvalue weighted by molar-refractivity contribution is 5.80. The third kappa shape index (κ3) is 8.51. The Bertz CT molecular complexity index is 921. The highest BCUT2D eigenvalue weighted by atomic mass is 16.4. The van der Waals surface area contributed by atoms with Crippen LogP contribution in [0.4, 0.5) is 5.69 Å². The van der Waals surface area contributed by atoms with Crippen molar-refractivity contribution >= 4 is 17.6 Å². The van der Waals surface area contributed by atoms with E-state index >= 15 is 0 Å². The van der Waals surface area contributed by atoms with Gasteiger partial charge in [0, 0.05) is 50.8 Å². The maximum atomic E-state index is 12.6. The Labute approximate surface area is 205 Å². The van der Waals surface area contributed by atoms with E-state index < -0.39 is 5.97 Å². The quantitative estimate of drug-likeness (QED) is 0.303. The monoisotopic (exact) mass is 466 g/mol. The van der Waals surface area contributed by atoms with Gasteiger partial charge in [-0.25, -0.2) is 0 Å². The Morgan fingerprint density at radius 3 is 2.26 bits per heavy atom. The van der Waals surface area contributed by atoms with Crippen molar-refractivity contribution in [3.8, 4) is 11.1 Å². The van der Waals surface area contributed by atoms with Crippen molar-refractivity contribution in [3.05, 3.63) is 53.6 Å². The van der Waals surface area contributed by atoms with Crippen LogP contribution in [0.3, 0.4) is 0 Å². The first kappa shape index (κ1) is 27.4. The van der Waals surface area contributed by atoms with Crippen LogP contribution in [-0.2, 0) is 22.6 Å². The number of rotatable bonds is 15. The largest absolute Gasteiger partial charge is 0.481 e. The first-order valence-electron chi connectivity index (χ1n) is 12.8. The molecule has 0 aliphatic carbocycles. The van der Waals surface area contributed by atoms with E-state index in [1.165, 1.54) is 19.3 Å². The molecule has 0 fully saturated rings. The average Bonchev–Trinajstić information content (AvgIpc) is 2.83. The highest BCUT2D eigenvalue weighted by Crippen LogP contribution is 2.33. The van der Waals surface area contributed by atoms with E-state index in [4.69, 9.17) is 5.11 Å². The van der Waals surface area contributed by atoms with Crippen LogP contribution in [0.2, 0.25) is 0 Å². The second-order valence-electron chi connectivity index (χ2n) is 9.03. The summed E-state index contributed by atoms with van der Waals surface area (Å²) in [6.07, 6.45) is 7.02. The van der Waals surface area contributed by atoms with Crippen molar-refractivity contribution in [2.24, 2.45) is 0 Å². The summed E-state index contributed by atoms with van der Waals surface area (Å²) in [4.78, 5) is 27.7. The molecule has 0 radical (unpaired) electrons. The van der Waals surface area contributed by atoms with Gasteiger partial charge in [-0.15, -0.1) is 0 Å². The number of carboxylic acids is 1. The summed E-state index contributed by atoms with van der Waals surface area (Å²) in [5, 5.41) is 9.06. The molecule has 0 spiro atoms. The van der Waals surface area contributed by atoms with E-state index in [1.807, 2.05) is 18.0 Å². The molecule has 0 aliphatic rings. The van der Waals surface area contributed by atoms with Gasteiger partial charge in [0.15, 0.2) is 0 Å². The molecule has 0 saturated heterocycles. The Hall–Kier alpha value is -2.82. The van der Waals surface area contributed by atoms with Gasteiger partial charge in [-0.1, -0.05) is 62.9 Å². The molecule has 2 rings (SSSR count). The standard InChI is InChI=1S/C29H42N2O3/c1-5-8-9-10-11-15-28(32)30(4)22-24-13-12-14-25(20-24)26-18-16-23(17-19-29(33)34)21-27(26)31(6-2)7-3/h12-14,16,18,20-21H,5-11,15,17,19,22H2,1-4H3,(H,33,34). The minimum Gasteiger partial charge on any atom is -0.481 e. The van der Waals surface area contributed by atoms with Gasteiger partial charge in [0.05, 0.1) is 0 Å². The van der Waals surface area contributed by atoms with Crippen molar-refractivity contribution in [1.29, 1.82) is 0 Å². The van der Waals surface area contributed by atoms with Crippen molar-refractivity contribution in [2.75, 3.05) is 25.0 Å². The third-order valence-electron chi connectivity index (χ3n) is 6.37. The summed E-state index contributed by atoms with van der Waals surface area (Å²) in [5.41, 5.74) is 5.52. The number of amides is 1. The number of benzene rings is 2. The van der Waals surface area contributed by atoms with Crippen LogP contribution >= 0.6 is 0 Å². The van der Waals surface area contributed by atoms with E-state index in [2.05, 4.69) is 62.1 Å². The summed E-state index contributed by atoms with van der Waals surface area (Å²) in [7, 11) is 1.89. The van der Waals surface area contributed by atoms with E-state index in [0.29, 0.717) is 19.4 Å². The van der Waals surface area contributed by atoms with Crippen LogP contribution in [-0.4, -0.2) is 42.0 Å². The first-order chi connectivity index (χ1) is 16.4. The van der Waals surface area contributed by atoms with Crippen LogP contribution in [0, 0.1) is 0 Å². The number of unbranched alkanes of at least 4 members (excludes halogenated alkanes) is 4. The zero-order valence-electron chi connectivity index (χ0n) is 21.5. The van der Waals surface area contributed by atoms with E-state index in [9.17, 15) is 9.59 Å². The number of carboxylic acid groups (broad SMARTS) is 1. The summed E-state index contributed by atoms with van der Waals surface area (Å²) in [6.45, 7) is 8.82. The van der Waals surface area contributed by atoms with Crippen molar-refractivity contribution in [1.82, 2.24) is 4.90 Å².